The Morgan fingerprint density at radius 3 is 2.40 bits per heavy atom. The summed E-state index contributed by atoms with van der Waals surface area (Å²) in [5.41, 5.74) is -0.816. The highest BCUT2D eigenvalue weighted by atomic mass is 16.6. The van der Waals surface area contributed by atoms with Gasteiger partial charge in [0.1, 0.15) is 11.7 Å². The number of nitrogens with zero attached hydrogens (tertiary/aromatic N) is 1. The summed E-state index contributed by atoms with van der Waals surface area (Å²) in [6.07, 6.45) is 2.42. The zero-order valence-electron chi connectivity index (χ0n) is 26.3. The predicted molar refractivity (Wildman–Crippen MR) is 156 cm³/mol. The second-order valence-electron chi connectivity index (χ2n) is 14.1. The molecule has 6 aliphatic rings. The molecule has 1 aliphatic heterocycles. The summed E-state index contributed by atoms with van der Waals surface area (Å²) in [5.74, 6) is -0.797. The molecule has 7 rings (SSSR count). The van der Waals surface area contributed by atoms with E-state index in [1.165, 1.54) is 6.92 Å². The Labute approximate surface area is 254 Å². The topological polar surface area (TPSA) is 92.8 Å². The third-order valence-corrected chi connectivity index (χ3v) is 12.9. The van der Waals surface area contributed by atoms with Crippen molar-refractivity contribution in [3.05, 3.63) is 35.9 Å². The van der Waals surface area contributed by atoms with Gasteiger partial charge in [0.05, 0.1) is 30.5 Å². The van der Waals surface area contributed by atoms with Crippen LogP contribution in [0, 0.1) is 40.4 Å². The molecule has 0 N–H and O–H groups in total. The SMILES string of the molecule is CCN1C[C@]2(COC)CC[C@H](OC)[C@@]34[C@@H]5C[C@H]6[C@H](OC(=O)c7ccccc7)[C@@H]5[C@](OC(C)=O)(C[C@@H]6OC)[C@@H]([C@H](OC)[C@H]23)[C@@H]14. The number of carbonyl (C=O) groups is 2. The minimum absolute atomic E-state index is 0.00405. The molecular weight excluding hydrogens is 550 g/mol. The molecule has 9 heteroatoms. The van der Waals surface area contributed by atoms with Crippen LogP contribution in [0.5, 0.6) is 0 Å². The minimum Gasteiger partial charge on any atom is -0.458 e. The van der Waals surface area contributed by atoms with Gasteiger partial charge in [-0.2, -0.15) is 0 Å². The van der Waals surface area contributed by atoms with E-state index in [-0.39, 0.29) is 76.7 Å². The lowest BCUT2D eigenvalue weighted by Crippen LogP contribution is -2.77. The Balaban J connectivity index is 1.46. The van der Waals surface area contributed by atoms with Crippen molar-refractivity contribution in [2.45, 2.75) is 75.6 Å². The maximum Gasteiger partial charge on any atom is 0.338 e. The molecule has 0 aromatic heterocycles. The van der Waals surface area contributed by atoms with Gasteiger partial charge in [-0.15, -0.1) is 0 Å². The highest BCUT2D eigenvalue weighted by molar-refractivity contribution is 5.89. The van der Waals surface area contributed by atoms with E-state index in [4.69, 9.17) is 28.4 Å². The fraction of sp³-hybridized carbons (Fsp3) is 0.765. The number of esters is 2. The van der Waals surface area contributed by atoms with Crippen molar-refractivity contribution in [3.63, 3.8) is 0 Å². The summed E-state index contributed by atoms with van der Waals surface area (Å²) < 4.78 is 38.7. The molecule has 5 saturated carbocycles. The molecule has 9 nitrogen and oxygen atoms in total. The second kappa shape index (κ2) is 10.5. The molecule has 1 spiro atoms. The number of hydrogen-bond acceptors (Lipinski definition) is 9. The molecule has 13 atom stereocenters. The monoisotopic (exact) mass is 597 g/mol. The van der Waals surface area contributed by atoms with E-state index in [0.717, 1.165) is 32.4 Å². The van der Waals surface area contributed by atoms with Gasteiger partial charge in [0.15, 0.2) is 0 Å². The van der Waals surface area contributed by atoms with Gasteiger partial charge < -0.3 is 28.4 Å². The zero-order valence-corrected chi connectivity index (χ0v) is 26.3. The van der Waals surface area contributed by atoms with Crippen LogP contribution in [0.1, 0.15) is 49.9 Å². The molecule has 43 heavy (non-hydrogen) atoms. The fourth-order valence-electron chi connectivity index (χ4n) is 12.3. The molecule has 1 aromatic rings. The third kappa shape index (κ3) is 3.69. The Bertz CT molecular complexity index is 1240. The van der Waals surface area contributed by atoms with Gasteiger partial charge in [-0.3, -0.25) is 9.69 Å². The molecule has 1 heterocycles. The van der Waals surface area contributed by atoms with E-state index < -0.39 is 11.7 Å². The van der Waals surface area contributed by atoms with Crippen LogP contribution in [0.2, 0.25) is 0 Å². The molecule has 0 amide bonds. The largest absolute Gasteiger partial charge is 0.458 e. The number of piperidine rings is 1. The first-order valence-electron chi connectivity index (χ1n) is 16.0. The fourth-order valence-corrected chi connectivity index (χ4v) is 12.3. The van der Waals surface area contributed by atoms with Crippen LogP contribution in [0.25, 0.3) is 0 Å². The molecule has 0 radical (unpaired) electrons. The second-order valence-corrected chi connectivity index (χ2v) is 14.1. The average Bonchev–Trinajstić information content (AvgIpc) is 3.43. The molecule has 5 aliphatic carbocycles. The van der Waals surface area contributed by atoms with Crippen molar-refractivity contribution in [1.82, 2.24) is 4.90 Å². The van der Waals surface area contributed by atoms with Gasteiger partial charge in [-0.25, -0.2) is 4.79 Å². The Hall–Kier alpha value is -2.04. The van der Waals surface area contributed by atoms with Crippen molar-refractivity contribution in [1.29, 1.82) is 0 Å². The summed E-state index contributed by atoms with van der Waals surface area (Å²) in [6.45, 7) is 6.16. The number of carbonyl (C=O) groups excluding carboxylic acids is 2. The highest BCUT2D eigenvalue weighted by Gasteiger charge is 2.88. The third-order valence-electron chi connectivity index (χ3n) is 12.9. The molecule has 1 aromatic carbocycles. The van der Waals surface area contributed by atoms with Gasteiger partial charge >= 0.3 is 11.9 Å². The number of rotatable bonds is 9. The van der Waals surface area contributed by atoms with Crippen LogP contribution in [0.4, 0.5) is 0 Å². The minimum atomic E-state index is -0.922. The zero-order chi connectivity index (χ0) is 30.3. The molecule has 6 fully saturated rings. The molecule has 7 bridgehead atoms. The van der Waals surface area contributed by atoms with Crippen molar-refractivity contribution < 1.29 is 38.0 Å². The van der Waals surface area contributed by atoms with Crippen molar-refractivity contribution in [3.8, 4) is 0 Å². The maximum absolute atomic E-state index is 13.7. The molecule has 0 unspecified atom stereocenters. The van der Waals surface area contributed by atoms with Crippen LogP contribution in [-0.4, -0.2) is 101 Å². The van der Waals surface area contributed by atoms with E-state index in [1.807, 2.05) is 32.4 Å². The lowest BCUT2D eigenvalue weighted by Gasteiger charge is -2.69. The highest BCUT2D eigenvalue weighted by Crippen LogP contribution is 2.80. The quantitative estimate of drug-likeness (QED) is 0.396. The normalized spacial score (nSPS) is 47.3. The van der Waals surface area contributed by atoms with E-state index in [9.17, 15) is 9.59 Å². The van der Waals surface area contributed by atoms with Crippen LogP contribution in [-0.2, 0) is 33.2 Å². The number of ether oxygens (including phenoxy) is 6. The lowest BCUT2D eigenvalue weighted by atomic mass is 9.43. The van der Waals surface area contributed by atoms with Gasteiger partial charge in [0.25, 0.3) is 0 Å². The predicted octanol–water partition coefficient (Wildman–Crippen LogP) is 3.59. The van der Waals surface area contributed by atoms with Crippen LogP contribution >= 0.6 is 0 Å². The first-order chi connectivity index (χ1) is 20.8. The summed E-state index contributed by atoms with van der Waals surface area (Å²) in [4.78, 5) is 29.5. The van der Waals surface area contributed by atoms with Gasteiger partial charge in [-0.05, 0) is 43.9 Å². The summed E-state index contributed by atoms with van der Waals surface area (Å²) in [6, 6.07) is 9.26. The van der Waals surface area contributed by atoms with Crippen LogP contribution < -0.4 is 0 Å². The Kier molecular flexibility index (Phi) is 7.25. The molecule has 1 saturated heterocycles. The van der Waals surface area contributed by atoms with Gasteiger partial charge in [0.2, 0.25) is 0 Å². The van der Waals surface area contributed by atoms with E-state index in [0.29, 0.717) is 18.6 Å². The summed E-state index contributed by atoms with van der Waals surface area (Å²) in [5, 5.41) is 0. The van der Waals surface area contributed by atoms with Crippen molar-refractivity contribution in [2.75, 3.05) is 48.1 Å². The number of benzene rings is 1. The van der Waals surface area contributed by atoms with Gasteiger partial charge in [-0.1, -0.05) is 25.1 Å². The van der Waals surface area contributed by atoms with Crippen LogP contribution in [0.3, 0.4) is 0 Å². The summed E-state index contributed by atoms with van der Waals surface area (Å²) in [7, 11) is 7.20. The van der Waals surface area contributed by atoms with Gasteiger partial charge in [0, 0.05) is 88.9 Å². The molecule has 236 valence electrons. The first kappa shape index (κ1) is 29.7. The van der Waals surface area contributed by atoms with E-state index in [1.54, 1.807) is 26.4 Å². The van der Waals surface area contributed by atoms with E-state index >= 15 is 0 Å². The molecular formula is C34H47NO8. The smallest absolute Gasteiger partial charge is 0.338 e. The first-order valence-corrected chi connectivity index (χ1v) is 16.0. The summed E-state index contributed by atoms with van der Waals surface area (Å²) >= 11 is 0. The Morgan fingerprint density at radius 2 is 1.77 bits per heavy atom. The van der Waals surface area contributed by atoms with Crippen molar-refractivity contribution in [2.24, 2.45) is 40.4 Å². The van der Waals surface area contributed by atoms with Crippen molar-refractivity contribution >= 4 is 11.9 Å². The van der Waals surface area contributed by atoms with E-state index in [2.05, 4.69) is 11.8 Å². The average molecular weight is 598 g/mol. The number of methoxy groups -OCH3 is 4. The number of hydrogen-bond donors (Lipinski definition) is 0. The maximum atomic E-state index is 13.7. The standard InChI is InChI=1S/C34H47NO8/c1-7-35-17-32(18-38-3)14-13-24(40-5)34-22-15-21-23(39-4)16-33(43-19(2)36,26(30(34)35)28(41-6)29(32)34)25(22)27(21)42-31(37)20-11-9-8-10-12-20/h8-12,21-30H,7,13-18H2,1-6H3/t21-,22-,23+,24+,25-,26+,27+,28+,29-,30-,32+,33-,34+/m1/s1. The number of fused-ring (bicyclic) bond motifs is 2. The number of likely N-dealkylation sites (tertiary alicyclic amines) is 1. The lowest BCUT2D eigenvalue weighted by molar-refractivity contribution is -0.280. The Morgan fingerprint density at radius 1 is 1.00 bits per heavy atom. The van der Waals surface area contributed by atoms with Crippen LogP contribution in [0.15, 0.2) is 30.3 Å².